The van der Waals surface area contributed by atoms with Crippen molar-refractivity contribution in [3.05, 3.63) is 71.4 Å². The maximum atomic E-state index is 5.48. The van der Waals surface area contributed by atoms with Crippen LogP contribution < -0.4 is 10.1 Å². The fraction of sp³-hybridized carbons (Fsp3) is 0.360. The highest BCUT2D eigenvalue weighted by molar-refractivity contribution is 5.85. The summed E-state index contributed by atoms with van der Waals surface area (Å²) in [6, 6.07) is 17.7. The molecule has 5 rings (SSSR count). The van der Waals surface area contributed by atoms with Crippen LogP contribution in [0.2, 0.25) is 0 Å². The zero-order chi connectivity index (χ0) is 19.1. The van der Waals surface area contributed by atoms with Gasteiger partial charge in [0.05, 0.1) is 7.11 Å². The van der Waals surface area contributed by atoms with Crippen LogP contribution in [0, 0.1) is 5.92 Å². The van der Waals surface area contributed by atoms with Crippen LogP contribution in [-0.4, -0.2) is 24.7 Å². The summed E-state index contributed by atoms with van der Waals surface area (Å²) < 4.78 is 5.48. The number of para-hydroxylation sites is 1. The predicted octanol–water partition coefficient (Wildman–Crippen LogP) is 5.29. The van der Waals surface area contributed by atoms with Gasteiger partial charge in [-0.2, -0.15) is 0 Å². The molecule has 0 radical (unpaired) electrons. The fourth-order valence-electron chi connectivity index (χ4n) is 5.26. The van der Waals surface area contributed by atoms with E-state index < -0.39 is 0 Å². The molecule has 28 heavy (non-hydrogen) atoms. The lowest BCUT2D eigenvalue weighted by Crippen LogP contribution is -2.42. The molecule has 2 heterocycles. The maximum absolute atomic E-state index is 5.48. The Hall–Kier alpha value is -2.52. The van der Waals surface area contributed by atoms with Gasteiger partial charge in [-0.25, -0.2) is 0 Å². The monoisotopic (exact) mass is 372 g/mol. The third kappa shape index (κ3) is 2.94. The summed E-state index contributed by atoms with van der Waals surface area (Å²) in [5, 5.41) is 5.25. The highest BCUT2D eigenvalue weighted by Crippen LogP contribution is 2.42. The van der Waals surface area contributed by atoms with Crippen LogP contribution in [0.3, 0.4) is 0 Å². The average Bonchev–Trinajstić information content (AvgIpc) is 3.13. The van der Waals surface area contributed by atoms with E-state index in [2.05, 4.69) is 65.8 Å². The lowest BCUT2D eigenvalue weighted by Gasteiger charge is -2.37. The Morgan fingerprint density at radius 1 is 1.07 bits per heavy atom. The molecule has 1 aliphatic carbocycles. The van der Waals surface area contributed by atoms with E-state index in [4.69, 9.17) is 4.74 Å². The van der Waals surface area contributed by atoms with E-state index >= 15 is 0 Å². The van der Waals surface area contributed by atoms with Crippen molar-refractivity contribution in [3.8, 4) is 5.75 Å². The second-order valence-corrected chi connectivity index (χ2v) is 8.28. The first-order chi connectivity index (χ1) is 13.7. The van der Waals surface area contributed by atoms with Gasteiger partial charge in [0.1, 0.15) is 5.75 Å². The Morgan fingerprint density at radius 3 is 2.86 bits per heavy atom. The Morgan fingerprint density at radius 2 is 1.96 bits per heavy atom. The van der Waals surface area contributed by atoms with Gasteiger partial charge in [-0.3, -0.25) is 0 Å². The van der Waals surface area contributed by atoms with E-state index in [-0.39, 0.29) is 0 Å². The lowest BCUT2D eigenvalue weighted by molar-refractivity contribution is 0.342. The normalized spacial score (nSPS) is 24.6. The van der Waals surface area contributed by atoms with Crippen LogP contribution in [0.4, 0.5) is 0 Å². The van der Waals surface area contributed by atoms with Crippen LogP contribution in [-0.2, 0) is 6.42 Å². The minimum atomic E-state index is 0.394. The van der Waals surface area contributed by atoms with Gasteiger partial charge >= 0.3 is 0 Å². The molecule has 3 atom stereocenters. The number of benzene rings is 2. The molecule has 1 aromatic heterocycles. The summed E-state index contributed by atoms with van der Waals surface area (Å²) in [6.07, 6.45) is 5.86. The smallest absolute Gasteiger partial charge is 0.119 e. The second kappa shape index (κ2) is 7.14. The van der Waals surface area contributed by atoms with Crippen LogP contribution >= 0.6 is 0 Å². The molecule has 3 unspecified atom stereocenters. The highest BCUT2D eigenvalue weighted by Gasteiger charge is 2.34. The number of nitrogens with one attached hydrogen (secondary N) is 2. The number of hydrogen-bond acceptors (Lipinski definition) is 2. The first-order valence-electron chi connectivity index (χ1n) is 10.4. The number of ether oxygens (including phenoxy) is 1. The number of H-pyrrole nitrogens is 1. The third-order valence-corrected chi connectivity index (χ3v) is 6.54. The van der Waals surface area contributed by atoms with Crippen molar-refractivity contribution in [2.24, 2.45) is 5.92 Å². The van der Waals surface area contributed by atoms with E-state index in [1.165, 1.54) is 39.7 Å². The summed E-state index contributed by atoms with van der Waals surface area (Å²) in [5.74, 6) is 2.08. The molecular weight excluding hydrogens is 344 g/mol. The average molecular weight is 373 g/mol. The van der Waals surface area contributed by atoms with Crippen molar-refractivity contribution in [3.63, 3.8) is 0 Å². The molecule has 144 valence electrons. The van der Waals surface area contributed by atoms with Crippen LogP contribution in [0.1, 0.15) is 42.5 Å². The number of hydrogen-bond donors (Lipinski definition) is 2. The van der Waals surface area contributed by atoms with E-state index in [0.717, 1.165) is 25.1 Å². The molecule has 0 amide bonds. The van der Waals surface area contributed by atoms with Gasteiger partial charge in [0, 0.05) is 22.6 Å². The van der Waals surface area contributed by atoms with E-state index in [9.17, 15) is 0 Å². The second-order valence-electron chi connectivity index (χ2n) is 8.28. The first kappa shape index (κ1) is 17.6. The Bertz CT molecular complexity index is 1030. The number of aromatic nitrogens is 1. The molecule has 0 fully saturated rings. The summed E-state index contributed by atoms with van der Waals surface area (Å²) >= 11 is 0. The number of fused-ring (bicyclic) bond motifs is 3. The molecule has 0 spiro atoms. The first-order valence-corrected chi connectivity index (χ1v) is 10.4. The standard InChI is InChI=1S/C25H28N2O/c1-16-13-18(15-22-21-9-3-4-11-23(21)27-24(16)22)25-20(10-6-12-26-25)17-7-5-8-19(14-17)28-2/h3-5,7-11,14,16,18,25-27H,6,12-13,15H2,1-2H3. The highest BCUT2D eigenvalue weighted by atomic mass is 16.5. The van der Waals surface area contributed by atoms with Crippen molar-refractivity contribution in [2.45, 2.75) is 38.1 Å². The number of methoxy groups -OCH3 is 1. The van der Waals surface area contributed by atoms with Crippen molar-refractivity contribution < 1.29 is 4.74 Å². The molecule has 0 bridgehead atoms. The fourth-order valence-corrected chi connectivity index (χ4v) is 5.26. The molecule has 1 aliphatic heterocycles. The molecule has 2 aromatic carbocycles. The Balaban J connectivity index is 1.51. The summed E-state index contributed by atoms with van der Waals surface area (Å²) in [7, 11) is 1.74. The summed E-state index contributed by atoms with van der Waals surface area (Å²) in [4.78, 5) is 3.70. The molecule has 2 N–H and O–H groups in total. The molecular formula is C25H28N2O. The third-order valence-electron chi connectivity index (χ3n) is 6.54. The molecule has 0 saturated carbocycles. The summed E-state index contributed by atoms with van der Waals surface area (Å²) in [5.41, 5.74) is 6.97. The molecule has 3 heteroatoms. The predicted molar refractivity (Wildman–Crippen MR) is 116 cm³/mol. The van der Waals surface area contributed by atoms with E-state index in [1.807, 2.05) is 6.07 Å². The van der Waals surface area contributed by atoms with Crippen molar-refractivity contribution in [2.75, 3.05) is 13.7 Å². The maximum Gasteiger partial charge on any atom is 0.119 e. The molecule has 3 aromatic rings. The van der Waals surface area contributed by atoms with Gasteiger partial charge in [0.15, 0.2) is 0 Å². The largest absolute Gasteiger partial charge is 0.497 e. The van der Waals surface area contributed by atoms with Crippen LogP contribution in [0.25, 0.3) is 16.5 Å². The Labute approximate surface area is 166 Å². The molecule has 0 saturated heterocycles. The molecule has 3 nitrogen and oxygen atoms in total. The van der Waals surface area contributed by atoms with Crippen LogP contribution in [0.15, 0.2) is 54.6 Å². The number of aromatic amines is 1. The van der Waals surface area contributed by atoms with Crippen molar-refractivity contribution in [1.29, 1.82) is 0 Å². The van der Waals surface area contributed by atoms with Crippen LogP contribution in [0.5, 0.6) is 5.75 Å². The Kier molecular flexibility index (Phi) is 4.48. The van der Waals surface area contributed by atoms with Gasteiger partial charge in [-0.15, -0.1) is 0 Å². The van der Waals surface area contributed by atoms with Gasteiger partial charge in [-0.05, 0) is 72.5 Å². The van der Waals surface area contributed by atoms with E-state index in [1.54, 1.807) is 7.11 Å². The zero-order valence-corrected chi connectivity index (χ0v) is 16.7. The molecule has 2 aliphatic rings. The van der Waals surface area contributed by atoms with Gasteiger partial charge in [0.25, 0.3) is 0 Å². The van der Waals surface area contributed by atoms with E-state index in [0.29, 0.717) is 17.9 Å². The van der Waals surface area contributed by atoms with Crippen molar-refractivity contribution in [1.82, 2.24) is 10.3 Å². The number of rotatable bonds is 3. The van der Waals surface area contributed by atoms with Crippen molar-refractivity contribution >= 4 is 16.5 Å². The van der Waals surface area contributed by atoms with Gasteiger partial charge < -0.3 is 15.0 Å². The van der Waals surface area contributed by atoms with Gasteiger partial charge in [-0.1, -0.05) is 43.3 Å². The quantitative estimate of drug-likeness (QED) is 0.656. The lowest BCUT2D eigenvalue weighted by atomic mass is 9.73. The topological polar surface area (TPSA) is 37.0 Å². The van der Waals surface area contributed by atoms with Gasteiger partial charge in [0.2, 0.25) is 0 Å². The zero-order valence-electron chi connectivity index (χ0n) is 16.7. The summed E-state index contributed by atoms with van der Waals surface area (Å²) in [6.45, 7) is 3.43. The minimum Gasteiger partial charge on any atom is -0.497 e. The minimum absolute atomic E-state index is 0.394. The SMILES string of the molecule is COc1cccc(C2=CCCNC2C2Cc3c([nH]c4ccccc34)C(C)C2)c1.